The molecule has 1 fully saturated rings. The van der Waals surface area contributed by atoms with Gasteiger partial charge < -0.3 is 9.47 Å². The maximum absolute atomic E-state index is 11.3. The van der Waals surface area contributed by atoms with Crippen molar-refractivity contribution >= 4 is 11.8 Å². The maximum Gasteiger partial charge on any atom is 0.313 e. The second kappa shape index (κ2) is 4.97. The highest BCUT2D eigenvalue weighted by atomic mass is 16.5. The monoisotopic (exact) mass is 186 g/mol. The Hall–Kier alpha value is -0.900. The fourth-order valence-electron chi connectivity index (χ4n) is 1.30. The Morgan fingerprint density at radius 3 is 2.85 bits per heavy atom. The van der Waals surface area contributed by atoms with E-state index in [-0.39, 0.29) is 18.3 Å². The Labute approximate surface area is 77.2 Å². The van der Waals surface area contributed by atoms with Crippen LogP contribution in [0.25, 0.3) is 0 Å². The molecule has 0 saturated carbocycles. The highest BCUT2D eigenvalue weighted by Gasteiger charge is 2.25. The number of ether oxygens (including phenoxy) is 2. The molecule has 1 aliphatic heterocycles. The summed E-state index contributed by atoms with van der Waals surface area (Å²) >= 11 is 0. The second-order valence-corrected chi connectivity index (χ2v) is 2.95. The van der Waals surface area contributed by atoms with Crippen LogP contribution in [0, 0.1) is 0 Å². The largest absolute Gasteiger partial charge is 0.466 e. The van der Waals surface area contributed by atoms with E-state index in [9.17, 15) is 9.59 Å². The third kappa shape index (κ3) is 3.14. The van der Waals surface area contributed by atoms with E-state index in [1.807, 2.05) is 0 Å². The number of hydrogen-bond donors (Lipinski definition) is 0. The molecule has 1 atom stereocenters. The molecule has 0 radical (unpaired) electrons. The lowest BCUT2D eigenvalue weighted by molar-refractivity contribution is -0.147. The van der Waals surface area contributed by atoms with E-state index in [1.165, 1.54) is 0 Å². The van der Waals surface area contributed by atoms with Crippen LogP contribution in [0.1, 0.15) is 26.2 Å². The van der Waals surface area contributed by atoms with Crippen molar-refractivity contribution in [2.75, 3.05) is 13.2 Å². The minimum absolute atomic E-state index is 0.154. The molecule has 1 heterocycles. The van der Waals surface area contributed by atoms with Gasteiger partial charge in [0.1, 0.15) is 12.5 Å². The molecule has 0 bridgehead atoms. The topological polar surface area (TPSA) is 52.6 Å². The lowest BCUT2D eigenvalue weighted by Gasteiger charge is -2.06. The SMILES string of the molecule is CCOC(=O)CC(=O)[C@@H]1CCCO1. The predicted molar refractivity (Wildman–Crippen MR) is 45.2 cm³/mol. The minimum Gasteiger partial charge on any atom is -0.466 e. The molecular formula is C9H14O4. The normalized spacial score (nSPS) is 21.5. The summed E-state index contributed by atoms with van der Waals surface area (Å²) in [4.78, 5) is 22.2. The van der Waals surface area contributed by atoms with Crippen LogP contribution in [-0.2, 0) is 19.1 Å². The van der Waals surface area contributed by atoms with Crippen LogP contribution in [0.15, 0.2) is 0 Å². The van der Waals surface area contributed by atoms with E-state index < -0.39 is 5.97 Å². The van der Waals surface area contributed by atoms with Gasteiger partial charge in [0.25, 0.3) is 0 Å². The Morgan fingerprint density at radius 1 is 1.54 bits per heavy atom. The third-order valence-corrected chi connectivity index (χ3v) is 1.91. The van der Waals surface area contributed by atoms with Gasteiger partial charge in [-0.05, 0) is 19.8 Å². The summed E-state index contributed by atoms with van der Waals surface area (Å²) in [5.74, 6) is -0.612. The molecule has 0 amide bonds. The number of carbonyl (C=O) groups is 2. The number of Topliss-reactive ketones (excluding diaryl/α,β-unsaturated/α-hetero) is 1. The van der Waals surface area contributed by atoms with Gasteiger partial charge in [0, 0.05) is 6.61 Å². The van der Waals surface area contributed by atoms with Crippen LogP contribution in [0.3, 0.4) is 0 Å². The van der Waals surface area contributed by atoms with Crippen LogP contribution < -0.4 is 0 Å². The van der Waals surface area contributed by atoms with Crippen molar-refractivity contribution in [1.82, 2.24) is 0 Å². The van der Waals surface area contributed by atoms with Crippen molar-refractivity contribution in [1.29, 1.82) is 0 Å². The molecule has 74 valence electrons. The molecule has 0 aromatic heterocycles. The van der Waals surface area contributed by atoms with E-state index >= 15 is 0 Å². The van der Waals surface area contributed by atoms with Crippen LogP contribution in [0.4, 0.5) is 0 Å². The van der Waals surface area contributed by atoms with Crippen molar-refractivity contribution in [3.05, 3.63) is 0 Å². The first kappa shape index (κ1) is 10.2. The van der Waals surface area contributed by atoms with E-state index in [0.29, 0.717) is 13.2 Å². The zero-order valence-corrected chi connectivity index (χ0v) is 7.75. The van der Waals surface area contributed by atoms with Gasteiger partial charge in [0.2, 0.25) is 0 Å². The Balaban J connectivity index is 2.27. The van der Waals surface area contributed by atoms with Gasteiger partial charge in [-0.1, -0.05) is 0 Å². The predicted octanol–water partition coefficient (Wildman–Crippen LogP) is 0.688. The molecule has 1 aliphatic rings. The molecule has 0 aliphatic carbocycles. The summed E-state index contributed by atoms with van der Waals surface area (Å²) < 4.78 is 9.79. The first-order chi connectivity index (χ1) is 6.24. The summed E-state index contributed by atoms with van der Waals surface area (Å²) in [5.41, 5.74) is 0. The minimum atomic E-state index is -0.456. The molecule has 0 N–H and O–H groups in total. The molecule has 4 nitrogen and oxygen atoms in total. The van der Waals surface area contributed by atoms with Gasteiger partial charge in [0.15, 0.2) is 5.78 Å². The van der Waals surface area contributed by atoms with Crippen molar-refractivity contribution in [3.8, 4) is 0 Å². The highest BCUT2D eigenvalue weighted by molar-refractivity contribution is 5.98. The Morgan fingerprint density at radius 2 is 2.31 bits per heavy atom. The van der Waals surface area contributed by atoms with Gasteiger partial charge in [-0.15, -0.1) is 0 Å². The van der Waals surface area contributed by atoms with Crippen LogP contribution in [0.5, 0.6) is 0 Å². The van der Waals surface area contributed by atoms with E-state index in [4.69, 9.17) is 4.74 Å². The Bertz CT molecular complexity index is 194. The average molecular weight is 186 g/mol. The summed E-state index contributed by atoms with van der Waals surface area (Å²) in [7, 11) is 0. The molecule has 0 spiro atoms. The standard InChI is InChI=1S/C9H14O4/c1-2-12-9(11)6-7(10)8-4-3-5-13-8/h8H,2-6H2,1H3/t8-/m0/s1. The number of carbonyl (C=O) groups excluding carboxylic acids is 2. The molecule has 13 heavy (non-hydrogen) atoms. The Kier molecular flexibility index (Phi) is 3.89. The summed E-state index contributed by atoms with van der Waals surface area (Å²) in [5, 5.41) is 0. The zero-order valence-electron chi connectivity index (χ0n) is 7.75. The molecule has 0 aromatic carbocycles. The first-order valence-electron chi connectivity index (χ1n) is 4.54. The van der Waals surface area contributed by atoms with Crippen molar-refractivity contribution in [2.24, 2.45) is 0 Å². The molecule has 1 rings (SSSR count). The summed E-state index contributed by atoms with van der Waals surface area (Å²) in [6.07, 6.45) is 1.11. The number of hydrogen-bond acceptors (Lipinski definition) is 4. The van der Waals surface area contributed by atoms with E-state index in [1.54, 1.807) is 6.92 Å². The van der Waals surface area contributed by atoms with E-state index in [0.717, 1.165) is 12.8 Å². The summed E-state index contributed by atoms with van der Waals surface area (Å²) in [6, 6.07) is 0. The smallest absolute Gasteiger partial charge is 0.313 e. The van der Waals surface area contributed by atoms with Crippen molar-refractivity contribution < 1.29 is 19.1 Å². The molecule has 4 heteroatoms. The fraction of sp³-hybridized carbons (Fsp3) is 0.778. The van der Waals surface area contributed by atoms with Gasteiger partial charge in [0.05, 0.1) is 6.61 Å². The van der Waals surface area contributed by atoms with Crippen molar-refractivity contribution in [2.45, 2.75) is 32.3 Å². The number of ketones is 1. The molecule has 0 aromatic rings. The van der Waals surface area contributed by atoms with Gasteiger partial charge >= 0.3 is 5.97 Å². The average Bonchev–Trinajstić information content (AvgIpc) is 2.55. The van der Waals surface area contributed by atoms with Gasteiger partial charge in [-0.3, -0.25) is 9.59 Å². The number of rotatable bonds is 4. The lowest BCUT2D eigenvalue weighted by Crippen LogP contribution is -2.23. The van der Waals surface area contributed by atoms with Gasteiger partial charge in [-0.25, -0.2) is 0 Å². The van der Waals surface area contributed by atoms with Crippen molar-refractivity contribution in [3.63, 3.8) is 0 Å². The highest BCUT2D eigenvalue weighted by Crippen LogP contribution is 2.14. The maximum atomic E-state index is 11.3. The molecule has 1 saturated heterocycles. The lowest BCUT2D eigenvalue weighted by atomic mass is 10.1. The van der Waals surface area contributed by atoms with E-state index in [2.05, 4.69) is 4.74 Å². The first-order valence-corrected chi connectivity index (χ1v) is 4.54. The quantitative estimate of drug-likeness (QED) is 0.478. The van der Waals surface area contributed by atoms with Crippen LogP contribution in [0.2, 0.25) is 0 Å². The number of esters is 1. The third-order valence-electron chi connectivity index (χ3n) is 1.91. The van der Waals surface area contributed by atoms with Crippen LogP contribution >= 0.6 is 0 Å². The summed E-state index contributed by atoms with van der Waals surface area (Å²) in [6.45, 7) is 2.66. The van der Waals surface area contributed by atoms with Gasteiger partial charge in [-0.2, -0.15) is 0 Å². The fourth-order valence-corrected chi connectivity index (χ4v) is 1.30. The van der Waals surface area contributed by atoms with Crippen LogP contribution in [-0.4, -0.2) is 31.1 Å². The molecular weight excluding hydrogens is 172 g/mol. The molecule has 0 unspecified atom stereocenters. The second-order valence-electron chi connectivity index (χ2n) is 2.95. The zero-order chi connectivity index (χ0) is 9.68.